The zero-order valence-corrected chi connectivity index (χ0v) is 12.0. The van der Waals surface area contributed by atoms with Gasteiger partial charge in [0.25, 0.3) is 5.91 Å². The molecule has 21 heavy (non-hydrogen) atoms. The Labute approximate surface area is 122 Å². The van der Waals surface area contributed by atoms with Crippen LogP contribution in [0.4, 0.5) is 5.69 Å². The first-order chi connectivity index (χ1) is 10.0. The molecule has 2 heterocycles. The Balaban J connectivity index is 2.08. The van der Waals surface area contributed by atoms with Gasteiger partial charge in [-0.3, -0.25) is 4.79 Å². The molecule has 0 aromatic heterocycles. The second kappa shape index (κ2) is 4.96. The van der Waals surface area contributed by atoms with Gasteiger partial charge >= 0.3 is 0 Å². The number of allylic oxidation sites excluding steroid dienone is 1. The minimum atomic E-state index is -0.875. The third kappa shape index (κ3) is 2.12. The highest BCUT2D eigenvalue weighted by Gasteiger charge is 2.40. The molecule has 0 bridgehead atoms. The second-order valence-corrected chi connectivity index (χ2v) is 5.31. The summed E-state index contributed by atoms with van der Waals surface area (Å²) in [6.07, 6.45) is 1.75. The van der Waals surface area contributed by atoms with Crippen LogP contribution in [0, 0.1) is 0 Å². The highest BCUT2D eigenvalue weighted by atomic mass is 16.5. The van der Waals surface area contributed by atoms with Crippen LogP contribution in [-0.2, 0) is 0 Å². The van der Waals surface area contributed by atoms with Gasteiger partial charge in [-0.05, 0) is 19.4 Å². The number of phenolic OH excluding ortho intramolecular Hbond substituents is 1. The van der Waals surface area contributed by atoms with E-state index in [1.807, 2.05) is 13.0 Å². The standard InChI is InChI=1S/C15H18N2O4/c1-3-8-4-11-14(19)16-10-6-12(18)13(21-2)5-9(10)15(20)17(11)7-8/h3,5-6,11,14,16,18-19H,4,7H2,1-2H3/b8-3-/t11-,14+/m0/s1. The SMILES string of the molecule is C/C=C1/C[C@H]2[C@@H](O)Nc3cc(O)c(OC)cc3C(=O)N2C1. The summed E-state index contributed by atoms with van der Waals surface area (Å²) in [7, 11) is 1.43. The Bertz CT molecular complexity index is 626. The molecule has 2 aliphatic heterocycles. The summed E-state index contributed by atoms with van der Waals surface area (Å²) in [5.41, 5.74) is 1.94. The topological polar surface area (TPSA) is 82.0 Å². The number of methoxy groups -OCH3 is 1. The fraction of sp³-hybridized carbons (Fsp3) is 0.400. The average molecular weight is 290 g/mol. The summed E-state index contributed by atoms with van der Waals surface area (Å²) in [5, 5.41) is 23.1. The number of carbonyl (C=O) groups is 1. The molecule has 0 spiro atoms. The monoisotopic (exact) mass is 290 g/mol. The van der Waals surface area contributed by atoms with Crippen molar-refractivity contribution in [1.29, 1.82) is 0 Å². The van der Waals surface area contributed by atoms with Crippen molar-refractivity contribution in [3.8, 4) is 11.5 Å². The number of hydrogen-bond acceptors (Lipinski definition) is 5. The second-order valence-electron chi connectivity index (χ2n) is 5.31. The first kappa shape index (κ1) is 13.8. The third-order valence-electron chi connectivity index (χ3n) is 4.13. The van der Waals surface area contributed by atoms with E-state index in [4.69, 9.17) is 4.74 Å². The van der Waals surface area contributed by atoms with E-state index < -0.39 is 6.23 Å². The molecule has 1 aromatic carbocycles. The van der Waals surface area contributed by atoms with Crippen molar-refractivity contribution in [2.24, 2.45) is 0 Å². The number of hydrogen-bond donors (Lipinski definition) is 3. The zero-order chi connectivity index (χ0) is 15.1. The average Bonchev–Trinajstić information content (AvgIpc) is 2.87. The molecule has 112 valence electrons. The van der Waals surface area contributed by atoms with Crippen LogP contribution < -0.4 is 10.1 Å². The van der Waals surface area contributed by atoms with Gasteiger partial charge < -0.3 is 25.2 Å². The maximum atomic E-state index is 12.7. The molecule has 3 rings (SSSR count). The highest BCUT2D eigenvalue weighted by Crippen LogP contribution is 2.38. The number of amides is 1. The van der Waals surface area contributed by atoms with Crippen LogP contribution in [-0.4, -0.2) is 46.9 Å². The number of rotatable bonds is 1. The lowest BCUT2D eigenvalue weighted by molar-refractivity contribution is 0.0582. The number of fused-ring (bicyclic) bond motifs is 2. The molecule has 2 aliphatic rings. The molecule has 3 N–H and O–H groups in total. The van der Waals surface area contributed by atoms with Crippen molar-refractivity contribution >= 4 is 11.6 Å². The first-order valence-electron chi connectivity index (χ1n) is 6.85. The number of aromatic hydroxyl groups is 1. The summed E-state index contributed by atoms with van der Waals surface area (Å²) in [6.45, 7) is 2.45. The lowest BCUT2D eigenvalue weighted by Crippen LogP contribution is -2.43. The maximum absolute atomic E-state index is 12.7. The number of benzene rings is 1. The number of ether oxygens (including phenoxy) is 1. The lowest BCUT2D eigenvalue weighted by Gasteiger charge is -2.24. The van der Waals surface area contributed by atoms with Gasteiger partial charge in [-0.1, -0.05) is 11.6 Å². The van der Waals surface area contributed by atoms with Crippen LogP contribution in [0.3, 0.4) is 0 Å². The summed E-state index contributed by atoms with van der Waals surface area (Å²) < 4.78 is 5.06. The lowest BCUT2D eigenvalue weighted by atomic mass is 10.1. The molecule has 1 aromatic rings. The van der Waals surface area contributed by atoms with Gasteiger partial charge in [0, 0.05) is 12.6 Å². The summed E-state index contributed by atoms with van der Waals surface area (Å²) in [5.74, 6) is -0.00329. The van der Waals surface area contributed by atoms with E-state index in [1.54, 1.807) is 4.90 Å². The summed E-state index contributed by atoms with van der Waals surface area (Å²) in [6, 6.07) is 2.61. The van der Waals surface area contributed by atoms with Gasteiger partial charge in [0.15, 0.2) is 11.5 Å². The van der Waals surface area contributed by atoms with Crippen molar-refractivity contribution in [3.63, 3.8) is 0 Å². The fourth-order valence-corrected chi connectivity index (χ4v) is 2.93. The minimum Gasteiger partial charge on any atom is -0.504 e. The molecule has 6 nitrogen and oxygen atoms in total. The number of anilines is 1. The van der Waals surface area contributed by atoms with Gasteiger partial charge in [0.2, 0.25) is 0 Å². The van der Waals surface area contributed by atoms with Crippen molar-refractivity contribution in [2.45, 2.75) is 25.6 Å². The van der Waals surface area contributed by atoms with Crippen molar-refractivity contribution in [1.82, 2.24) is 4.90 Å². The van der Waals surface area contributed by atoms with E-state index in [1.165, 1.54) is 19.2 Å². The number of phenols is 1. The van der Waals surface area contributed by atoms with E-state index >= 15 is 0 Å². The van der Waals surface area contributed by atoms with Crippen LogP contribution in [0.1, 0.15) is 23.7 Å². The Kier molecular flexibility index (Phi) is 3.25. The fourth-order valence-electron chi connectivity index (χ4n) is 2.93. The van der Waals surface area contributed by atoms with E-state index in [9.17, 15) is 15.0 Å². The maximum Gasteiger partial charge on any atom is 0.256 e. The number of nitrogens with one attached hydrogen (secondary N) is 1. The van der Waals surface area contributed by atoms with Crippen LogP contribution in [0.5, 0.6) is 11.5 Å². The predicted molar refractivity (Wildman–Crippen MR) is 77.5 cm³/mol. The molecule has 0 unspecified atom stereocenters. The smallest absolute Gasteiger partial charge is 0.256 e. The molecule has 0 radical (unpaired) electrons. The van der Waals surface area contributed by atoms with E-state index in [-0.39, 0.29) is 23.4 Å². The molecule has 2 atom stereocenters. The minimum absolute atomic E-state index is 0.0695. The molecule has 1 amide bonds. The molecule has 1 fully saturated rings. The third-order valence-corrected chi connectivity index (χ3v) is 4.13. The molecular formula is C15H18N2O4. The zero-order valence-electron chi connectivity index (χ0n) is 12.0. The number of aliphatic hydroxyl groups excluding tert-OH is 1. The van der Waals surface area contributed by atoms with Gasteiger partial charge in [0.05, 0.1) is 24.4 Å². The van der Waals surface area contributed by atoms with Gasteiger partial charge in [-0.25, -0.2) is 0 Å². The van der Waals surface area contributed by atoms with E-state index in [2.05, 4.69) is 5.32 Å². The van der Waals surface area contributed by atoms with E-state index in [0.29, 0.717) is 24.2 Å². The van der Waals surface area contributed by atoms with Gasteiger partial charge in [0.1, 0.15) is 6.23 Å². The molecule has 0 saturated carbocycles. The Morgan fingerprint density at radius 1 is 1.48 bits per heavy atom. The van der Waals surface area contributed by atoms with Crippen molar-refractivity contribution in [2.75, 3.05) is 19.0 Å². The van der Waals surface area contributed by atoms with Crippen LogP contribution in [0.15, 0.2) is 23.8 Å². The largest absolute Gasteiger partial charge is 0.504 e. The molecule has 6 heteroatoms. The van der Waals surface area contributed by atoms with Crippen LogP contribution in [0.2, 0.25) is 0 Å². The van der Waals surface area contributed by atoms with Crippen molar-refractivity contribution in [3.05, 3.63) is 29.3 Å². The predicted octanol–water partition coefficient (Wildman–Crippen LogP) is 1.31. The Morgan fingerprint density at radius 2 is 2.24 bits per heavy atom. The van der Waals surface area contributed by atoms with Crippen LogP contribution in [0.25, 0.3) is 0 Å². The number of nitrogens with zero attached hydrogens (tertiary/aromatic N) is 1. The summed E-state index contributed by atoms with van der Waals surface area (Å²) >= 11 is 0. The molecule has 1 saturated heterocycles. The summed E-state index contributed by atoms with van der Waals surface area (Å²) in [4.78, 5) is 14.4. The Hall–Kier alpha value is -2.21. The van der Waals surface area contributed by atoms with Gasteiger partial charge in [-0.2, -0.15) is 0 Å². The molecular weight excluding hydrogens is 272 g/mol. The highest BCUT2D eigenvalue weighted by molar-refractivity contribution is 6.02. The van der Waals surface area contributed by atoms with Gasteiger partial charge in [-0.15, -0.1) is 0 Å². The van der Waals surface area contributed by atoms with Crippen molar-refractivity contribution < 1.29 is 19.7 Å². The quantitative estimate of drug-likeness (QED) is 0.679. The molecule has 0 aliphatic carbocycles. The first-order valence-corrected chi connectivity index (χ1v) is 6.85. The van der Waals surface area contributed by atoms with E-state index in [0.717, 1.165) is 5.57 Å². The number of aliphatic hydroxyl groups is 1. The van der Waals surface area contributed by atoms with Crippen LogP contribution >= 0.6 is 0 Å². The Morgan fingerprint density at radius 3 is 2.90 bits per heavy atom. The normalized spacial score (nSPS) is 26.1. The number of carbonyl (C=O) groups excluding carboxylic acids is 1.